The van der Waals surface area contributed by atoms with E-state index in [1.54, 1.807) is 0 Å². The summed E-state index contributed by atoms with van der Waals surface area (Å²) in [5.74, 6) is 1.46. The number of hydrogen-bond donors (Lipinski definition) is 1. The molecule has 0 aromatic rings. The summed E-state index contributed by atoms with van der Waals surface area (Å²) in [7, 11) is -0.729. The second-order valence-corrected chi connectivity index (χ2v) is 7.99. The lowest BCUT2D eigenvalue weighted by atomic mass is 9.73. The zero-order valence-corrected chi connectivity index (χ0v) is 12.0. The fraction of sp³-hybridized carbons (Fsp3) is 1.00. The first kappa shape index (κ1) is 14.2. The van der Waals surface area contributed by atoms with Crippen molar-refractivity contribution in [2.24, 2.45) is 17.1 Å². The van der Waals surface area contributed by atoms with Crippen molar-refractivity contribution in [3.8, 4) is 0 Å². The van der Waals surface area contributed by atoms with Gasteiger partial charge in [-0.1, -0.05) is 34.1 Å². The smallest absolute Gasteiger partial charge is 0.0504 e. The van der Waals surface area contributed by atoms with E-state index < -0.39 is 10.8 Å². The Bertz CT molecular complexity index is 250. The van der Waals surface area contributed by atoms with E-state index in [1.807, 2.05) is 0 Å². The molecular formula is C13H27NOS. The summed E-state index contributed by atoms with van der Waals surface area (Å²) in [5.41, 5.74) is 6.43. The van der Waals surface area contributed by atoms with Gasteiger partial charge in [-0.25, -0.2) is 0 Å². The Labute approximate surface area is 103 Å². The van der Waals surface area contributed by atoms with Gasteiger partial charge in [0.25, 0.3) is 0 Å². The molecule has 0 aliphatic heterocycles. The first-order valence-electron chi connectivity index (χ1n) is 6.47. The van der Waals surface area contributed by atoms with Crippen LogP contribution in [0.5, 0.6) is 0 Å². The monoisotopic (exact) mass is 245 g/mol. The van der Waals surface area contributed by atoms with Gasteiger partial charge >= 0.3 is 0 Å². The number of rotatable bonds is 4. The summed E-state index contributed by atoms with van der Waals surface area (Å²) in [5, 5.41) is 0.225. The van der Waals surface area contributed by atoms with E-state index in [0.717, 1.165) is 18.6 Å². The first-order valence-corrected chi connectivity index (χ1v) is 7.85. The maximum atomic E-state index is 12.2. The van der Waals surface area contributed by atoms with Crippen LogP contribution in [0, 0.1) is 11.3 Å². The van der Waals surface area contributed by atoms with Crippen molar-refractivity contribution in [1.29, 1.82) is 0 Å². The topological polar surface area (TPSA) is 43.1 Å². The van der Waals surface area contributed by atoms with Crippen LogP contribution in [0.3, 0.4) is 0 Å². The van der Waals surface area contributed by atoms with Crippen LogP contribution in [0.1, 0.15) is 53.4 Å². The molecule has 3 unspecified atom stereocenters. The largest absolute Gasteiger partial charge is 0.326 e. The zero-order chi connectivity index (χ0) is 12.3. The Morgan fingerprint density at radius 2 is 2.06 bits per heavy atom. The number of nitrogens with two attached hydrogens (primary N) is 1. The van der Waals surface area contributed by atoms with Crippen LogP contribution in [0.2, 0.25) is 0 Å². The molecule has 1 rings (SSSR count). The summed E-state index contributed by atoms with van der Waals surface area (Å²) in [4.78, 5) is 0. The van der Waals surface area contributed by atoms with Crippen LogP contribution >= 0.6 is 0 Å². The molecule has 3 atom stereocenters. The van der Waals surface area contributed by atoms with Gasteiger partial charge in [0, 0.05) is 22.6 Å². The third-order valence-corrected chi connectivity index (χ3v) is 5.69. The molecular weight excluding hydrogens is 218 g/mol. The molecule has 0 spiro atoms. The minimum absolute atomic E-state index is 0.106. The molecule has 0 saturated heterocycles. The predicted molar refractivity (Wildman–Crippen MR) is 71.9 cm³/mol. The SMILES string of the molecule is CC(C)CCS(=O)C1CCCC(C)(C)C1N. The predicted octanol–water partition coefficient (Wildman–Crippen LogP) is 2.69. The molecule has 2 N–H and O–H groups in total. The molecule has 0 amide bonds. The Balaban J connectivity index is 2.55. The highest BCUT2D eigenvalue weighted by Crippen LogP contribution is 2.36. The van der Waals surface area contributed by atoms with Crippen molar-refractivity contribution in [2.75, 3.05) is 5.75 Å². The fourth-order valence-electron chi connectivity index (χ4n) is 2.41. The maximum absolute atomic E-state index is 12.2. The lowest BCUT2D eigenvalue weighted by Crippen LogP contribution is -2.51. The van der Waals surface area contributed by atoms with Crippen molar-refractivity contribution < 1.29 is 4.21 Å². The average molecular weight is 245 g/mol. The van der Waals surface area contributed by atoms with E-state index in [1.165, 1.54) is 12.8 Å². The Kier molecular flexibility index (Phi) is 4.99. The van der Waals surface area contributed by atoms with E-state index in [2.05, 4.69) is 27.7 Å². The maximum Gasteiger partial charge on any atom is 0.0504 e. The average Bonchev–Trinajstić information content (AvgIpc) is 2.18. The second-order valence-electron chi connectivity index (χ2n) is 6.21. The van der Waals surface area contributed by atoms with E-state index in [4.69, 9.17) is 5.73 Å². The van der Waals surface area contributed by atoms with Gasteiger partial charge in [0.1, 0.15) is 0 Å². The molecule has 0 aromatic heterocycles. The minimum Gasteiger partial charge on any atom is -0.326 e. The molecule has 0 bridgehead atoms. The van der Waals surface area contributed by atoms with E-state index in [0.29, 0.717) is 5.92 Å². The van der Waals surface area contributed by atoms with E-state index in [9.17, 15) is 4.21 Å². The first-order chi connectivity index (χ1) is 7.34. The molecule has 16 heavy (non-hydrogen) atoms. The van der Waals surface area contributed by atoms with Crippen molar-refractivity contribution in [3.05, 3.63) is 0 Å². The third kappa shape index (κ3) is 3.56. The van der Waals surface area contributed by atoms with Gasteiger partial charge in [0.2, 0.25) is 0 Å². The third-order valence-electron chi connectivity index (χ3n) is 3.85. The summed E-state index contributed by atoms with van der Waals surface area (Å²) < 4.78 is 12.2. The Hall–Kier alpha value is 0.110. The van der Waals surface area contributed by atoms with Crippen molar-refractivity contribution >= 4 is 10.8 Å². The molecule has 2 nitrogen and oxygen atoms in total. The van der Waals surface area contributed by atoms with Gasteiger partial charge in [-0.05, 0) is 30.6 Å². The zero-order valence-electron chi connectivity index (χ0n) is 11.2. The van der Waals surface area contributed by atoms with Gasteiger partial charge in [-0.3, -0.25) is 4.21 Å². The van der Waals surface area contributed by atoms with Crippen molar-refractivity contribution in [3.63, 3.8) is 0 Å². The Morgan fingerprint density at radius 3 is 2.62 bits per heavy atom. The standard InChI is InChI=1S/C13H27NOS/c1-10(2)7-9-16(15)11-6-5-8-13(3,4)12(11)14/h10-12H,5-9,14H2,1-4H3. The van der Waals surface area contributed by atoms with Crippen molar-refractivity contribution in [2.45, 2.75) is 64.7 Å². The van der Waals surface area contributed by atoms with E-state index in [-0.39, 0.29) is 16.7 Å². The van der Waals surface area contributed by atoms with Crippen LogP contribution in [-0.4, -0.2) is 21.3 Å². The fourth-order valence-corrected chi connectivity index (χ4v) is 4.54. The lowest BCUT2D eigenvalue weighted by Gasteiger charge is -2.41. The normalized spacial score (nSPS) is 31.6. The molecule has 1 aliphatic rings. The van der Waals surface area contributed by atoms with Crippen LogP contribution < -0.4 is 5.73 Å². The van der Waals surface area contributed by atoms with Crippen LogP contribution in [0.25, 0.3) is 0 Å². The van der Waals surface area contributed by atoms with Gasteiger partial charge in [0.15, 0.2) is 0 Å². The molecule has 96 valence electrons. The highest BCUT2D eigenvalue weighted by molar-refractivity contribution is 7.85. The second kappa shape index (κ2) is 5.63. The molecule has 3 heteroatoms. The quantitative estimate of drug-likeness (QED) is 0.827. The molecule has 1 aliphatic carbocycles. The lowest BCUT2D eigenvalue weighted by molar-refractivity contribution is 0.206. The van der Waals surface area contributed by atoms with Crippen molar-refractivity contribution in [1.82, 2.24) is 0 Å². The molecule has 1 fully saturated rings. The van der Waals surface area contributed by atoms with Crippen LogP contribution in [-0.2, 0) is 10.8 Å². The summed E-state index contributed by atoms with van der Waals surface area (Å²) in [6.45, 7) is 8.79. The highest BCUT2D eigenvalue weighted by Gasteiger charge is 2.38. The summed E-state index contributed by atoms with van der Waals surface area (Å²) in [6.07, 6.45) is 4.45. The van der Waals surface area contributed by atoms with Gasteiger partial charge in [-0.2, -0.15) is 0 Å². The summed E-state index contributed by atoms with van der Waals surface area (Å²) >= 11 is 0. The molecule has 0 heterocycles. The van der Waals surface area contributed by atoms with E-state index >= 15 is 0 Å². The van der Waals surface area contributed by atoms with Gasteiger partial charge < -0.3 is 5.73 Å². The van der Waals surface area contributed by atoms with Crippen LogP contribution in [0.4, 0.5) is 0 Å². The van der Waals surface area contributed by atoms with Gasteiger partial charge in [0.05, 0.1) is 5.25 Å². The molecule has 0 aromatic carbocycles. The summed E-state index contributed by atoms with van der Waals surface area (Å²) in [6, 6.07) is 0.106. The number of hydrogen-bond acceptors (Lipinski definition) is 2. The van der Waals surface area contributed by atoms with Crippen LogP contribution in [0.15, 0.2) is 0 Å². The Morgan fingerprint density at radius 1 is 1.44 bits per heavy atom. The molecule has 1 saturated carbocycles. The van der Waals surface area contributed by atoms with Gasteiger partial charge in [-0.15, -0.1) is 0 Å². The minimum atomic E-state index is -0.729. The highest BCUT2D eigenvalue weighted by atomic mass is 32.2. The molecule has 0 radical (unpaired) electrons.